The molecule has 86 valence electrons. The molecule has 2 unspecified atom stereocenters. The zero-order valence-electron chi connectivity index (χ0n) is 9.37. The van der Waals surface area contributed by atoms with E-state index in [0.29, 0.717) is 23.3 Å². The van der Waals surface area contributed by atoms with Gasteiger partial charge in [-0.05, 0) is 37.6 Å². The van der Waals surface area contributed by atoms with E-state index in [4.69, 9.17) is 11.6 Å². The number of hydrogen-bond donors (Lipinski definition) is 1. The number of ketones is 1. The lowest BCUT2D eigenvalue weighted by atomic mass is 9.92. The highest BCUT2D eigenvalue weighted by molar-refractivity contribution is 6.30. The third kappa shape index (κ3) is 2.63. The van der Waals surface area contributed by atoms with Crippen LogP contribution in [0, 0.1) is 5.92 Å². The molecule has 1 aromatic carbocycles. The van der Waals surface area contributed by atoms with Crippen LogP contribution in [0.25, 0.3) is 0 Å². The summed E-state index contributed by atoms with van der Waals surface area (Å²) in [6.45, 7) is 3.04. The number of benzene rings is 1. The zero-order chi connectivity index (χ0) is 11.5. The van der Waals surface area contributed by atoms with Crippen LogP contribution < -0.4 is 5.32 Å². The van der Waals surface area contributed by atoms with Crippen molar-refractivity contribution in [3.8, 4) is 0 Å². The Morgan fingerprint density at radius 2 is 2.12 bits per heavy atom. The average molecular weight is 238 g/mol. The van der Waals surface area contributed by atoms with Gasteiger partial charge in [0.1, 0.15) is 5.78 Å². The van der Waals surface area contributed by atoms with E-state index in [2.05, 4.69) is 12.2 Å². The Balaban J connectivity index is 1.99. The molecule has 1 N–H and O–H groups in total. The lowest BCUT2D eigenvalue weighted by Gasteiger charge is -2.13. The molecular formula is C13H16ClNO. The number of carbonyl (C=O) groups is 1. The smallest absolute Gasteiger partial charge is 0.141 e. The lowest BCUT2D eigenvalue weighted by molar-refractivity contribution is -0.122. The van der Waals surface area contributed by atoms with E-state index in [0.717, 1.165) is 18.5 Å². The number of hydrogen-bond acceptors (Lipinski definition) is 2. The third-order valence-corrected chi connectivity index (χ3v) is 3.48. The Morgan fingerprint density at radius 3 is 2.69 bits per heavy atom. The number of Topliss-reactive ketones (excluding diaryl/α,β-unsaturated/α-hetero) is 1. The van der Waals surface area contributed by atoms with Gasteiger partial charge < -0.3 is 5.32 Å². The van der Waals surface area contributed by atoms with Gasteiger partial charge in [0.2, 0.25) is 0 Å². The molecule has 0 amide bonds. The summed E-state index contributed by atoms with van der Waals surface area (Å²) in [5, 5.41) is 4.02. The van der Waals surface area contributed by atoms with Gasteiger partial charge in [-0.2, -0.15) is 0 Å². The molecule has 0 spiro atoms. The molecule has 3 heteroatoms. The second-order valence-electron chi connectivity index (χ2n) is 4.41. The summed E-state index contributed by atoms with van der Waals surface area (Å²) >= 11 is 5.80. The Morgan fingerprint density at radius 1 is 1.44 bits per heavy atom. The molecule has 2 atom stereocenters. The van der Waals surface area contributed by atoms with Gasteiger partial charge in [0.25, 0.3) is 0 Å². The molecule has 1 aliphatic heterocycles. The molecule has 1 fully saturated rings. The van der Waals surface area contributed by atoms with Gasteiger partial charge in [0.05, 0.1) is 0 Å². The van der Waals surface area contributed by atoms with Crippen molar-refractivity contribution in [3.63, 3.8) is 0 Å². The summed E-state index contributed by atoms with van der Waals surface area (Å²) in [5.74, 6) is 0.510. The Hall–Kier alpha value is -0.860. The molecule has 1 aromatic rings. The lowest BCUT2D eigenvalue weighted by Crippen LogP contribution is -2.29. The quantitative estimate of drug-likeness (QED) is 0.875. The predicted molar refractivity (Wildman–Crippen MR) is 65.7 cm³/mol. The second kappa shape index (κ2) is 4.98. The highest BCUT2D eigenvalue weighted by atomic mass is 35.5. The Bertz CT molecular complexity index is 374. The van der Waals surface area contributed by atoms with Crippen molar-refractivity contribution in [1.29, 1.82) is 0 Å². The topological polar surface area (TPSA) is 29.1 Å². The summed E-state index contributed by atoms with van der Waals surface area (Å²) < 4.78 is 0. The SMILES string of the molecule is CC1NCCC1C(=O)Cc1ccc(Cl)cc1. The van der Waals surface area contributed by atoms with Gasteiger partial charge in [-0.3, -0.25) is 4.79 Å². The minimum atomic E-state index is 0.177. The van der Waals surface area contributed by atoms with Crippen LogP contribution in [0.15, 0.2) is 24.3 Å². The number of rotatable bonds is 3. The monoisotopic (exact) mass is 237 g/mol. The maximum Gasteiger partial charge on any atom is 0.141 e. The Kier molecular flexibility index (Phi) is 3.62. The molecule has 16 heavy (non-hydrogen) atoms. The molecule has 2 rings (SSSR count). The van der Waals surface area contributed by atoms with Gasteiger partial charge in [0.15, 0.2) is 0 Å². The van der Waals surface area contributed by atoms with Gasteiger partial charge in [-0.1, -0.05) is 23.7 Å². The summed E-state index contributed by atoms with van der Waals surface area (Å²) in [7, 11) is 0. The molecule has 0 aliphatic carbocycles. The predicted octanol–water partition coefficient (Wildman–Crippen LogP) is 2.45. The van der Waals surface area contributed by atoms with E-state index in [1.165, 1.54) is 0 Å². The highest BCUT2D eigenvalue weighted by Crippen LogP contribution is 2.19. The number of halogens is 1. The van der Waals surface area contributed by atoms with E-state index >= 15 is 0 Å². The number of nitrogens with one attached hydrogen (secondary N) is 1. The van der Waals surface area contributed by atoms with Crippen LogP contribution in [-0.4, -0.2) is 18.4 Å². The highest BCUT2D eigenvalue weighted by Gasteiger charge is 2.28. The average Bonchev–Trinajstić information content (AvgIpc) is 2.68. The molecule has 1 saturated heterocycles. The van der Waals surface area contributed by atoms with E-state index in [9.17, 15) is 4.79 Å². The second-order valence-corrected chi connectivity index (χ2v) is 4.84. The van der Waals surface area contributed by atoms with E-state index in [-0.39, 0.29) is 5.92 Å². The fourth-order valence-corrected chi connectivity index (χ4v) is 2.36. The normalized spacial score (nSPS) is 24.6. The van der Waals surface area contributed by atoms with Crippen LogP contribution in [0.3, 0.4) is 0 Å². The fraction of sp³-hybridized carbons (Fsp3) is 0.462. The van der Waals surface area contributed by atoms with Gasteiger partial charge in [0, 0.05) is 23.4 Å². The van der Waals surface area contributed by atoms with E-state index < -0.39 is 0 Å². The van der Waals surface area contributed by atoms with Gasteiger partial charge >= 0.3 is 0 Å². The van der Waals surface area contributed by atoms with Crippen LogP contribution in [0.4, 0.5) is 0 Å². The van der Waals surface area contributed by atoms with Crippen LogP contribution >= 0.6 is 11.6 Å². The maximum absolute atomic E-state index is 12.0. The summed E-state index contributed by atoms with van der Waals surface area (Å²) in [5.41, 5.74) is 1.05. The first-order chi connectivity index (χ1) is 7.66. The summed E-state index contributed by atoms with van der Waals surface area (Å²) in [6.07, 6.45) is 1.49. The standard InChI is InChI=1S/C13H16ClNO/c1-9-12(6-7-15-9)13(16)8-10-2-4-11(14)5-3-10/h2-5,9,12,15H,6-8H2,1H3. The largest absolute Gasteiger partial charge is 0.314 e. The fourth-order valence-electron chi connectivity index (χ4n) is 2.23. The van der Waals surface area contributed by atoms with Gasteiger partial charge in [-0.15, -0.1) is 0 Å². The van der Waals surface area contributed by atoms with Crippen LogP contribution in [0.2, 0.25) is 5.02 Å². The van der Waals surface area contributed by atoms with Crippen molar-refractivity contribution < 1.29 is 4.79 Å². The molecule has 0 saturated carbocycles. The van der Waals surface area contributed by atoms with E-state index in [1.807, 2.05) is 24.3 Å². The van der Waals surface area contributed by atoms with Crippen molar-refractivity contribution >= 4 is 17.4 Å². The molecule has 0 radical (unpaired) electrons. The van der Waals surface area contributed by atoms with Crippen molar-refractivity contribution in [3.05, 3.63) is 34.9 Å². The van der Waals surface area contributed by atoms with Gasteiger partial charge in [-0.25, -0.2) is 0 Å². The minimum absolute atomic E-state index is 0.177. The summed E-state index contributed by atoms with van der Waals surface area (Å²) in [6, 6.07) is 7.83. The first-order valence-corrected chi connectivity index (χ1v) is 6.05. The Labute approximate surface area is 101 Å². The van der Waals surface area contributed by atoms with E-state index in [1.54, 1.807) is 0 Å². The van der Waals surface area contributed by atoms with Crippen molar-refractivity contribution in [1.82, 2.24) is 5.32 Å². The third-order valence-electron chi connectivity index (χ3n) is 3.23. The van der Waals surface area contributed by atoms with Crippen molar-refractivity contribution in [2.24, 2.45) is 5.92 Å². The van der Waals surface area contributed by atoms with Crippen molar-refractivity contribution in [2.45, 2.75) is 25.8 Å². The first-order valence-electron chi connectivity index (χ1n) is 5.67. The molecule has 2 nitrogen and oxygen atoms in total. The first kappa shape index (κ1) is 11.6. The van der Waals surface area contributed by atoms with Crippen LogP contribution in [0.5, 0.6) is 0 Å². The summed E-state index contributed by atoms with van der Waals surface area (Å²) in [4.78, 5) is 12.0. The van der Waals surface area contributed by atoms with Crippen molar-refractivity contribution in [2.75, 3.05) is 6.54 Å². The molecule has 0 aromatic heterocycles. The zero-order valence-corrected chi connectivity index (χ0v) is 10.1. The number of carbonyl (C=O) groups excluding carboxylic acids is 1. The minimum Gasteiger partial charge on any atom is -0.314 e. The van der Waals surface area contributed by atoms with Crippen LogP contribution in [-0.2, 0) is 11.2 Å². The molecule has 1 aliphatic rings. The maximum atomic E-state index is 12.0. The van der Waals surface area contributed by atoms with Crippen LogP contribution in [0.1, 0.15) is 18.9 Å². The molecular weight excluding hydrogens is 222 g/mol. The molecule has 0 bridgehead atoms. The molecule has 1 heterocycles.